The fraction of sp³-hybridized carbons (Fsp3) is 0.333. The maximum atomic E-state index is 6.58. The molecule has 1 aromatic carbocycles. The first-order chi connectivity index (χ1) is 8.97. The van der Waals surface area contributed by atoms with E-state index in [1.54, 1.807) is 11.3 Å². The van der Waals surface area contributed by atoms with E-state index in [2.05, 4.69) is 53.4 Å². The van der Waals surface area contributed by atoms with E-state index < -0.39 is 0 Å². The van der Waals surface area contributed by atoms with Crippen LogP contribution in [0.15, 0.2) is 33.4 Å². The predicted molar refractivity (Wildman–Crippen MR) is 84.7 cm³/mol. The molecule has 0 aliphatic carbocycles. The van der Waals surface area contributed by atoms with Crippen molar-refractivity contribution in [3.63, 3.8) is 0 Å². The molecule has 0 amide bonds. The van der Waals surface area contributed by atoms with Crippen molar-refractivity contribution in [2.24, 2.45) is 0 Å². The highest BCUT2D eigenvalue weighted by Crippen LogP contribution is 2.42. The van der Waals surface area contributed by atoms with Gasteiger partial charge in [0.1, 0.15) is 5.75 Å². The maximum absolute atomic E-state index is 6.58. The second-order valence-corrected chi connectivity index (χ2v) is 8.20. The van der Waals surface area contributed by atoms with Crippen LogP contribution in [0.1, 0.15) is 35.9 Å². The third-order valence-electron chi connectivity index (χ3n) is 3.49. The van der Waals surface area contributed by atoms with Crippen LogP contribution >= 0.6 is 38.9 Å². The van der Waals surface area contributed by atoms with Gasteiger partial charge in [0.15, 0.2) is 0 Å². The molecule has 1 aliphatic rings. The van der Waals surface area contributed by atoms with Crippen LogP contribution in [0.4, 0.5) is 0 Å². The summed E-state index contributed by atoms with van der Waals surface area (Å²) in [4.78, 5) is 0. The average molecular weight is 358 g/mol. The van der Waals surface area contributed by atoms with Gasteiger partial charge in [-0.15, -0.1) is 22.9 Å². The number of halogens is 2. The molecule has 4 heteroatoms. The third kappa shape index (κ3) is 2.44. The largest absolute Gasteiger partial charge is 0.492 e. The molecule has 0 radical (unpaired) electrons. The Morgan fingerprint density at radius 1 is 1.32 bits per heavy atom. The molecular formula is C15H14BrClOS. The third-order valence-corrected chi connectivity index (χ3v) is 5.52. The van der Waals surface area contributed by atoms with Crippen molar-refractivity contribution >= 4 is 38.9 Å². The van der Waals surface area contributed by atoms with Gasteiger partial charge in [-0.3, -0.25) is 0 Å². The molecule has 3 rings (SSSR count). The van der Waals surface area contributed by atoms with E-state index in [0.29, 0.717) is 0 Å². The van der Waals surface area contributed by atoms with Crippen molar-refractivity contribution in [3.05, 3.63) is 50.1 Å². The van der Waals surface area contributed by atoms with Gasteiger partial charge in [0.2, 0.25) is 0 Å². The van der Waals surface area contributed by atoms with Crippen molar-refractivity contribution in [1.82, 2.24) is 0 Å². The van der Waals surface area contributed by atoms with E-state index in [9.17, 15) is 0 Å². The zero-order chi connectivity index (χ0) is 13.6. The van der Waals surface area contributed by atoms with E-state index in [0.717, 1.165) is 27.3 Å². The fourth-order valence-electron chi connectivity index (χ4n) is 2.34. The highest BCUT2D eigenvalue weighted by atomic mass is 79.9. The second-order valence-electron chi connectivity index (χ2n) is 5.47. The van der Waals surface area contributed by atoms with Crippen LogP contribution in [-0.4, -0.2) is 6.61 Å². The quantitative estimate of drug-likeness (QED) is 0.644. The molecule has 0 saturated carbocycles. The molecule has 0 spiro atoms. The normalized spacial score (nSPS) is 17.9. The lowest BCUT2D eigenvalue weighted by atomic mass is 9.85. The fourth-order valence-corrected chi connectivity index (χ4v) is 3.88. The molecule has 1 aromatic heterocycles. The highest BCUT2D eigenvalue weighted by Gasteiger charge is 2.32. The molecule has 1 unspecified atom stereocenters. The molecule has 2 aromatic rings. The number of ether oxygens (including phenoxy) is 1. The molecule has 0 fully saturated rings. The Hall–Kier alpha value is -0.510. The van der Waals surface area contributed by atoms with E-state index in [-0.39, 0.29) is 10.8 Å². The standard InChI is InChI=1S/C15H14BrClOS/c1-15(2)8-18-12-4-3-9(5-11(12)15)14(17)10-6-13(16)19-7-10/h3-7,14H,8H2,1-2H3. The van der Waals surface area contributed by atoms with Gasteiger partial charge in [0, 0.05) is 11.0 Å². The Kier molecular flexibility index (Phi) is 3.40. The van der Waals surface area contributed by atoms with Crippen LogP contribution in [-0.2, 0) is 5.41 Å². The van der Waals surface area contributed by atoms with Crippen LogP contribution in [0.2, 0.25) is 0 Å². The number of thiophene rings is 1. The zero-order valence-corrected chi connectivity index (χ0v) is 13.9. The van der Waals surface area contributed by atoms with Gasteiger partial charge in [-0.05, 0) is 50.6 Å². The summed E-state index contributed by atoms with van der Waals surface area (Å²) < 4.78 is 6.82. The molecule has 1 nitrogen and oxygen atoms in total. The van der Waals surface area contributed by atoms with E-state index in [4.69, 9.17) is 16.3 Å². The molecule has 0 N–H and O–H groups in total. The summed E-state index contributed by atoms with van der Waals surface area (Å²) in [5.41, 5.74) is 3.58. The van der Waals surface area contributed by atoms with E-state index in [1.807, 2.05) is 6.07 Å². The Balaban J connectivity index is 1.99. The predicted octanol–water partition coefficient (Wildman–Crippen LogP) is 5.51. The van der Waals surface area contributed by atoms with E-state index in [1.165, 1.54) is 5.56 Å². The van der Waals surface area contributed by atoms with Crippen LogP contribution in [0.25, 0.3) is 0 Å². The Morgan fingerprint density at radius 2 is 2.11 bits per heavy atom. The molecular weight excluding hydrogens is 344 g/mol. The summed E-state index contributed by atoms with van der Waals surface area (Å²) in [5, 5.41) is 1.99. The Labute approximate surface area is 130 Å². The van der Waals surface area contributed by atoms with Gasteiger partial charge in [0.25, 0.3) is 0 Å². The number of rotatable bonds is 2. The van der Waals surface area contributed by atoms with Crippen LogP contribution < -0.4 is 4.74 Å². The molecule has 2 heterocycles. The van der Waals surface area contributed by atoms with Gasteiger partial charge in [-0.2, -0.15) is 0 Å². The maximum Gasteiger partial charge on any atom is 0.123 e. The van der Waals surface area contributed by atoms with Gasteiger partial charge in [-0.25, -0.2) is 0 Å². The molecule has 19 heavy (non-hydrogen) atoms. The smallest absolute Gasteiger partial charge is 0.123 e. The summed E-state index contributed by atoms with van der Waals surface area (Å²) in [6.45, 7) is 5.14. The number of benzene rings is 1. The first-order valence-corrected chi connectivity index (χ1v) is 8.23. The monoisotopic (exact) mass is 356 g/mol. The highest BCUT2D eigenvalue weighted by molar-refractivity contribution is 9.11. The van der Waals surface area contributed by atoms with E-state index >= 15 is 0 Å². The summed E-state index contributed by atoms with van der Waals surface area (Å²) >= 11 is 11.7. The summed E-state index contributed by atoms with van der Waals surface area (Å²) in [7, 11) is 0. The van der Waals surface area contributed by atoms with Gasteiger partial charge < -0.3 is 4.74 Å². The lowest BCUT2D eigenvalue weighted by Crippen LogP contribution is -2.18. The molecule has 0 saturated heterocycles. The van der Waals surface area contributed by atoms with Crippen molar-refractivity contribution in [1.29, 1.82) is 0 Å². The minimum Gasteiger partial charge on any atom is -0.492 e. The summed E-state index contributed by atoms with van der Waals surface area (Å²) in [5.74, 6) is 0.990. The first-order valence-electron chi connectivity index (χ1n) is 6.12. The second kappa shape index (κ2) is 4.80. The Bertz CT molecular complexity index is 620. The molecule has 0 bridgehead atoms. The van der Waals surface area contributed by atoms with Crippen LogP contribution in [0, 0.1) is 0 Å². The molecule has 1 atom stereocenters. The lowest BCUT2D eigenvalue weighted by Gasteiger charge is -2.17. The van der Waals surface area contributed by atoms with Crippen LogP contribution in [0.3, 0.4) is 0 Å². The SMILES string of the molecule is CC1(C)COc2ccc(C(Cl)c3csc(Br)c3)cc21. The van der Waals surface area contributed by atoms with Gasteiger partial charge in [0.05, 0.1) is 15.8 Å². The number of alkyl halides is 1. The summed E-state index contributed by atoms with van der Waals surface area (Å²) in [6.07, 6.45) is 0. The topological polar surface area (TPSA) is 9.23 Å². The summed E-state index contributed by atoms with van der Waals surface area (Å²) in [6, 6.07) is 8.36. The molecule has 1 aliphatic heterocycles. The number of hydrogen-bond donors (Lipinski definition) is 0. The van der Waals surface area contributed by atoms with Crippen molar-refractivity contribution < 1.29 is 4.74 Å². The Morgan fingerprint density at radius 3 is 2.79 bits per heavy atom. The minimum atomic E-state index is -0.107. The average Bonchev–Trinajstić information content (AvgIpc) is 2.93. The van der Waals surface area contributed by atoms with Crippen LogP contribution in [0.5, 0.6) is 5.75 Å². The van der Waals surface area contributed by atoms with Crippen molar-refractivity contribution in [2.45, 2.75) is 24.6 Å². The van der Waals surface area contributed by atoms with Gasteiger partial charge >= 0.3 is 0 Å². The van der Waals surface area contributed by atoms with Crippen molar-refractivity contribution in [3.8, 4) is 5.75 Å². The first kappa shape index (κ1) is 13.5. The molecule has 100 valence electrons. The number of hydrogen-bond acceptors (Lipinski definition) is 2. The van der Waals surface area contributed by atoms with Crippen molar-refractivity contribution in [2.75, 3.05) is 6.61 Å². The van der Waals surface area contributed by atoms with Gasteiger partial charge in [-0.1, -0.05) is 19.9 Å². The number of fused-ring (bicyclic) bond motifs is 1. The minimum absolute atomic E-state index is 0.0666. The zero-order valence-electron chi connectivity index (χ0n) is 10.7. The lowest BCUT2D eigenvalue weighted by molar-refractivity contribution is 0.291.